The maximum absolute atomic E-state index is 13.2. The van der Waals surface area contributed by atoms with Gasteiger partial charge >= 0.3 is 12.2 Å². The van der Waals surface area contributed by atoms with E-state index in [1.54, 1.807) is 41.5 Å². The second-order valence-electron chi connectivity index (χ2n) is 19.0. The van der Waals surface area contributed by atoms with Gasteiger partial charge < -0.3 is 18.9 Å². The van der Waals surface area contributed by atoms with Crippen molar-refractivity contribution in [1.82, 2.24) is 9.80 Å². The molecule has 2 aliphatic heterocycles. The number of rotatable bonds is 12. The Kier molecular flexibility index (Phi) is 11.3. The molecule has 316 valence electrons. The smallest absolute Gasteiger partial charge is 0.412 e. The van der Waals surface area contributed by atoms with Gasteiger partial charge in [0.1, 0.15) is 22.7 Å². The van der Waals surface area contributed by atoms with Crippen LogP contribution in [0.3, 0.4) is 0 Å². The number of amides is 6. The van der Waals surface area contributed by atoms with E-state index in [9.17, 15) is 28.8 Å². The third-order valence-electron chi connectivity index (χ3n) is 10.9. The second-order valence-corrected chi connectivity index (χ2v) is 19.0. The quantitative estimate of drug-likeness (QED) is 0.163. The number of benzene rings is 2. The van der Waals surface area contributed by atoms with E-state index >= 15 is 0 Å². The highest BCUT2D eigenvalue weighted by Crippen LogP contribution is 2.64. The molecule has 0 saturated heterocycles. The predicted octanol–water partition coefficient (Wildman–Crippen LogP) is 7.42. The molecule has 2 N–H and O–H groups in total. The van der Waals surface area contributed by atoms with Crippen molar-refractivity contribution in [3.05, 3.63) is 70.8 Å². The molecule has 0 fully saturated rings. The first kappa shape index (κ1) is 42.9. The number of hydrogen-bond acceptors (Lipinski definition) is 10. The van der Waals surface area contributed by atoms with E-state index in [0.717, 1.165) is 32.1 Å². The first-order valence-electron chi connectivity index (χ1n) is 20.1. The van der Waals surface area contributed by atoms with Crippen LogP contribution in [0, 0.1) is 0 Å². The summed E-state index contributed by atoms with van der Waals surface area (Å²) >= 11 is 0. The van der Waals surface area contributed by atoms with E-state index < -0.39 is 28.8 Å². The van der Waals surface area contributed by atoms with Crippen LogP contribution in [0.2, 0.25) is 0 Å². The Balaban J connectivity index is 1.39. The molecule has 2 aromatic carbocycles. The molecule has 2 aromatic rings. The molecule has 2 heterocycles. The topological polar surface area (TPSA) is 170 Å². The van der Waals surface area contributed by atoms with Gasteiger partial charge in [0, 0.05) is 42.8 Å². The molecule has 0 unspecified atom stereocenters. The lowest BCUT2D eigenvalue weighted by atomic mass is 9.72. The van der Waals surface area contributed by atoms with Gasteiger partial charge in [0.05, 0.1) is 24.6 Å². The highest BCUT2D eigenvalue weighted by molar-refractivity contribution is 6.13. The molecule has 0 aromatic heterocycles. The number of anilines is 2. The summed E-state index contributed by atoms with van der Waals surface area (Å²) in [5, 5.41) is 5.83. The number of carbonyl (C=O) groups excluding carboxylic acids is 6. The molecule has 14 heteroatoms. The normalized spacial score (nSPS) is 18.4. The van der Waals surface area contributed by atoms with Gasteiger partial charge in [0.2, 0.25) is 0 Å². The van der Waals surface area contributed by atoms with Gasteiger partial charge in [-0.2, -0.15) is 0 Å². The Morgan fingerprint density at radius 1 is 0.576 bits per heavy atom. The summed E-state index contributed by atoms with van der Waals surface area (Å²) in [6.07, 6.45) is 5.85. The molecule has 2 aliphatic carbocycles. The average Bonchev–Trinajstić information content (AvgIpc) is 3.73. The summed E-state index contributed by atoms with van der Waals surface area (Å²) in [7, 11) is 0. The minimum absolute atomic E-state index is 0.152. The van der Waals surface area contributed by atoms with Crippen LogP contribution < -0.4 is 20.1 Å². The van der Waals surface area contributed by atoms with Gasteiger partial charge in [0.15, 0.2) is 0 Å². The number of hydrogen-bond donors (Lipinski definition) is 2. The fourth-order valence-electron chi connectivity index (χ4n) is 8.73. The van der Waals surface area contributed by atoms with Gasteiger partial charge in [-0.1, -0.05) is 27.7 Å². The third kappa shape index (κ3) is 9.16. The lowest BCUT2D eigenvalue weighted by molar-refractivity contribution is -0.138. The summed E-state index contributed by atoms with van der Waals surface area (Å²) in [5.74, 6) is -0.644. The number of fused-ring (bicyclic) bond motifs is 4. The van der Waals surface area contributed by atoms with Crippen molar-refractivity contribution in [3.8, 4) is 11.5 Å². The zero-order chi connectivity index (χ0) is 43.3. The highest BCUT2D eigenvalue weighted by Gasteiger charge is 2.57. The van der Waals surface area contributed by atoms with Crippen LogP contribution in [-0.2, 0) is 44.9 Å². The van der Waals surface area contributed by atoms with E-state index in [0.29, 0.717) is 48.6 Å². The monoisotopic (exact) mass is 812 g/mol. The molecular formula is C45H56N4O10. The van der Waals surface area contributed by atoms with Gasteiger partial charge in [0.25, 0.3) is 23.6 Å². The second kappa shape index (κ2) is 15.5. The maximum atomic E-state index is 13.2. The number of ether oxygens (including phenoxy) is 4. The molecule has 4 aliphatic rings. The molecule has 6 amide bonds. The van der Waals surface area contributed by atoms with Crippen LogP contribution in [0.15, 0.2) is 48.6 Å². The number of carbonyl (C=O) groups is 6. The average molecular weight is 813 g/mol. The van der Waals surface area contributed by atoms with Crippen LogP contribution in [0.1, 0.15) is 117 Å². The van der Waals surface area contributed by atoms with Crippen LogP contribution in [0.25, 0.3) is 0 Å². The molecule has 6 rings (SSSR count). The van der Waals surface area contributed by atoms with E-state index in [4.69, 9.17) is 18.9 Å². The van der Waals surface area contributed by atoms with E-state index in [-0.39, 0.29) is 60.8 Å². The Hall–Kier alpha value is -5.66. The van der Waals surface area contributed by atoms with Crippen LogP contribution in [0.4, 0.5) is 21.0 Å². The number of nitrogens with zero attached hydrogens (tertiary/aromatic N) is 2. The lowest BCUT2D eigenvalue weighted by Crippen LogP contribution is -2.31. The number of imide groups is 2. The van der Waals surface area contributed by atoms with Crippen molar-refractivity contribution < 1.29 is 47.7 Å². The summed E-state index contributed by atoms with van der Waals surface area (Å²) in [6, 6.07) is 7.89. The SMILES string of the molecule is CC(C)(C)OC(=O)Nc1cc2c(cc1OCCCN1C(=O)C=CC1=O)C1(CC2(C)C)CC(C)(C)c2cc(NC(=O)OC(C)(C)C)c(OCCCN3C(=O)C=CC3=O)cc21. The predicted molar refractivity (Wildman–Crippen MR) is 221 cm³/mol. The largest absolute Gasteiger partial charge is 0.491 e. The lowest BCUT2D eigenvalue weighted by Gasteiger charge is -2.31. The molecule has 0 saturated carbocycles. The van der Waals surface area contributed by atoms with Crippen LogP contribution in [-0.4, -0.2) is 83.1 Å². The van der Waals surface area contributed by atoms with Crippen molar-refractivity contribution in [3.63, 3.8) is 0 Å². The van der Waals surface area contributed by atoms with Gasteiger partial charge in [-0.05, 0) is 125 Å². The maximum Gasteiger partial charge on any atom is 0.412 e. The molecule has 0 atom stereocenters. The van der Waals surface area contributed by atoms with Crippen LogP contribution in [0.5, 0.6) is 11.5 Å². The van der Waals surface area contributed by atoms with Crippen molar-refractivity contribution in [2.45, 2.75) is 122 Å². The molecule has 1 spiro atoms. The molecule has 14 nitrogen and oxygen atoms in total. The summed E-state index contributed by atoms with van der Waals surface area (Å²) < 4.78 is 24.1. The molecule has 59 heavy (non-hydrogen) atoms. The Morgan fingerprint density at radius 2 is 0.915 bits per heavy atom. The summed E-state index contributed by atoms with van der Waals surface area (Å²) in [4.78, 5) is 77.4. The third-order valence-corrected chi connectivity index (χ3v) is 10.9. The minimum atomic E-state index is -0.746. The van der Waals surface area contributed by atoms with Gasteiger partial charge in [-0.3, -0.25) is 39.6 Å². The zero-order valence-corrected chi connectivity index (χ0v) is 35.8. The van der Waals surface area contributed by atoms with Crippen LogP contribution >= 0.6 is 0 Å². The van der Waals surface area contributed by atoms with E-state index in [1.165, 1.54) is 24.3 Å². The van der Waals surface area contributed by atoms with Crippen molar-refractivity contribution in [1.29, 1.82) is 0 Å². The summed E-state index contributed by atoms with van der Waals surface area (Å²) in [5.41, 5.74) is 2.14. The molecular weight excluding hydrogens is 757 g/mol. The Morgan fingerprint density at radius 3 is 1.24 bits per heavy atom. The standard InChI is InChI=1S/C45H56N4O10/c1-41(2,3)58-39(54)46-31-21-27-29(23-33(31)56-19-11-17-48-35(50)13-14-36(48)51)45(25-43(27,7)8)26-44(9,10)28-22-32(47-40(55)59-42(4,5)6)34(24-30(28)45)57-20-12-18-49-37(52)15-16-38(49)53/h13-16,21-24H,11-12,17-20,25-26H2,1-10H3,(H,46,54)(H,47,55). The first-order chi connectivity index (χ1) is 27.4. The van der Waals surface area contributed by atoms with Crippen molar-refractivity contribution in [2.24, 2.45) is 0 Å². The zero-order valence-electron chi connectivity index (χ0n) is 35.8. The molecule has 0 bridgehead atoms. The van der Waals surface area contributed by atoms with Gasteiger partial charge in [-0.15, -0.1) is 0 Å². The summed E-state index contributed by atoms with van der Waals surface area (Å²) in [6.45, 7) is 20.1. The van der Waals surface area contributed by atoms with Crippen molar-refractivity contribution >= 4 is 47.2 Å². The fraction of sp³-hybridized carbons (Fsp3) is 0.511. The Labute approximate surface area is 345 Å². The molecule has 0 radical (unpaired) electrons. The van der Waals surface area contributed by atoms with E-state index in [1.807, 2.05) is 24.3 Å². The number of nitrogens with one attached hydrogen (secondary N) is 2. The minimum Gasteiger partial charge on any atom is -0.491 e. The Bertz CT molecular complexity index is 1970. The van der Waals surface area contributed by atoms with Gasteiger partial charge in [-0.25, -0.2) is 9.59 Å². The first-order valence-corrected chi connectivity index (χ1v) is 20.1. The van der Waals surface area contributed by atoms with E-state index in [2.05, 4.69) is 38.3 Å². The highest BCUT2D eigenvalue weighted by atomic mass is 16.6. The van der Waals surface area contributed by atoms with Crippen molar-refractivity contribution in [2.75, 3.05) is 36.9 Å². The fourth-order valence-corrected chi connectivity index (χ4v) is 8.73.